The van der Waals surface area contributed by atoms with Gasteiger partial charge in [-0.05, 0) is 56.3 Å². The molecule has 2 unspecified atom stereocenters. The molecule has 2 aliphatic heterocycles. The number of para-hydroxylation sites is 1. The van der Waals surface area contributed by atoms with Gasteiger partial charge in [-0.1, -0.05) is 18.2 Å². The molecule has 2 N–H and O–H groups in total. The molecule has 0 saturated carbocycles. The standard InChI is InChI=1S/C18H27N3O.2ClH/c22-18(7-6-15-8-10-19-12-15)20-13-16-9-11-21(14-16)17-4-2-1-3-5-17;;/h1-5,15-16,19H,6-14H2,(H,20,22);2*1H. The highest BCUT2D eigenvalue weighted by molar-refractivity contribution is 5.85. The lowest BCUT2D eigenvalue weighted by molar-refractivity contribution is -0.121. The number of nitrogens with zero attached hydrogens (tertiary/aromatic N) is 1. The monoisotopic (exact) mass is 373 g/mol. The third-order valence-corrected chi connectivity index (χ3v) is 4.94. The normalized spacial score (nSPS) is 22.6. The van der Waals surface area contributed by atoms with Crippen molar-refractivity contribution in [3.63, 3.8) is 0 Å². The Morgan fingerprint density at radius 3 is 2.67 bits per heavy atom. The van der Waals surface area contributed by atoms with Gasteiger partial charge in [-0.15, -0.1) is 24.8 Å². The smallest absolute Gasteiger partial charge is 0.220 e. The van der Waals surface area contributed by atoms with Crippen LogP contribution in [0.15, 0.2) is 30.3 Å². The second-order valence-corrected chi connectivity index (χ2v) is 6.64. The van der Waals surface area contributed by atoms with Crippen LogP contribution in [0.2, 0.25) is 0 Å². The predicted octanol–water partition coefficient (Wildman–Crippen LogP) is 2.86. The molecule has 0 bridgehead atoms. The first-order chi connectivity index (χ1) is 10.8. The Hall–Kier alpha value is -0.970. The quantitative estimate of drug-likeness (QED) is 0.805. The summed E-state index contributed by atoms with van der Waals surface area (Å²) >= 11 is 0. The Balaban J connectivity index is 0.00000144. The van der Waals surface area contributed by atoms with Crippen molar-refractivity contribution in [1.82, 2.24) is 10.6 Å². The van der Waals surface area contributed by atoms with E-state index in [1.807, 2.05) is 0 Å². The molecule has 6 heteroatoms. The van der Waals surface area contributed by atoms with Gasteiger partial charge >= 0.3 is 0 Å². The summed E-state index contributed by atoms with van der Waals surface area (Å²) in [6.45, 7) is 5.17. The molecule has 1 amide bonds. The van der Waals surface area contributed by atoms with E-state index in [2.05, 4.69) is 45.9 Å². The van der Waals surface area contributed by atoms with Crippen molar-refractivity contribution in [2.45, 2.75) is 25.7 Å². The Bertz CT molecular complexity index is 480. The van der Waals surface area contributed by atoms with Crippen molar-refractivity contribution >= 4 is 36.4 Å². The molecule has 0 aliphatic carbocycles. The maximum absolute atomic E-state index is 12.0. The first-order valence-electron chi connectivity index (χ1n) is 8.58. The summed E-state index contributed by atoms with van der Waals surface area (Å²) in [5, 5.41) is 6.49. The van der Waals surface area contributed by atoms with E-state index in [4.69, 9.17) is 0 Å². The van der Waals surface area contributed by atoms with E-state index in [1.54, 1.807) is 0 Å². The van der Waals surface area contributed by atoms with Crippen LogP contribution in [0.25, 0.3) is 0 Å². The van der Waals surface area contributed by atoms with Gasteiger partial charge in [0.05, 0.1) is 0 Å². The van der Waals surface area contributed by atoms with E-state index in [-0.39, 0.29) is 30.7 Å². The number of carbonyl (C=O) groups excluding carboxylic acids is 1. The SMILES string of the molecule is Cl.Cl.O=C(CCC1CCNC1)NCC1CCN(c2ccccc2)C1. The molecule has 2 saturated heterocycles. The van der Waals surface area contributed by atoms with E-state index in [0.29, 0.717) is 18.3 Å². The van der Waals surface area contributed by atoms with Crippen LogP contribution in [0.5, 0.6) is 0 Å². The lowest BCUT2D eigenvalue weighted by Gasteiger charge is -2.18. The van der Waals surface area contributed by atoms with E-state index in [1.165, 1.54) is 18.5 Å². The molecule has 24 heavy (non-hydrogen) atoms. The van der Waals surface area contributed by atoms with Gasteiger partial charge in [0.25, 0.3) is 0 Å². The van der Waals surface area contributed by atoms with Gasteiger partial charge in [-0.25, -0.2) is 0 Å². The molecular formula is C18H29Cl2N3O. The zero-order chi connectivity index (χ0) is 15.2. The van der Waals surface area contributed by atoms with Crippen molar-refractivity contribution in [1.29, 1.82) is 0 Å². The molecule has 2 fully saturated rings. The summed E-state index contributed by atoms with van der Waals surface area (Å²) in [5.74, 6) is 1.51. The molecule has 2 atom stereocenters. The number of rotatable bonds is 6. The highest BCUT2D eigenvalue weighted by Crippen LogP contribution is 2.23. The molecular weight excluding hydrogens is 345 g/mol. The van der Waals surface area contributed by atoms with Crippen LogP contribution in [0.1, 0.15) is 25.7 Å². The maximum atomic E-state index is 12.0. The molecule has 0 aromatic heterocycles. The Kier molecular flexibility index (Phi) is 9.49. The molecule has 4 nitrogen and oxygen atoms in total. The minimum Gasteiger partial charge on any atom is -0.371 e. The van der Waals surface area contributed by atoms with E-state index in [9.17, 15) is 4.79 Å². The Morgan fingerprint density at radius 2 is 1.96 bits per heavy atom. The maximum Gasteiger partial charge on any atom is 0.220 e. The van der Waals surface area contributed by atoms with Crippen LogP contribution < -0.4 is 15.5 Å². The summed E-state index contributed by atoms with van der Waals surface area (Å²) in [5.41, 5.74) is 1.30. The topological polar surface area (TPSA) is 44.4 Å². The van der Waals surface area contributed by atoms with Gasteiger partial charge in [-0.3, -0.25) is 4.79 Å². The predicted molar refractivity (Wildman–Crippen MR) is 104 cm³/mol. The molecule has 136 valence electrons. The first kappa shape index (κ1) is 21.1. The van der Waals surface area contributed by atoms with Crippen LogP contribution in [0, 0.1) is 11.8 Å². The largest absolute Gasteiger partial charge is 0.371 e. The molecule has 3 rings (SSSR count). The molecule has 1 aromatic carbocycles. The van der Waals surface area contributed by atoms with E-state index >= 15 is 0 Å². The second kappa shape index (κ2) is 10.8. The van der Waals surface area contributed by atoms with Gasteiger partial charge in [0.1, 0.15) is 0 Å². The average molecular weight is 374 g/mol. The molecule has 2 aliphatic rings. The number of carbonyl (C=O) groups is 1. The van der Waals surface area contributed by atoms with Crippen LogP contribution in [0.3, 0.4) is 0 Å². The number of halogens is 2. The second-order valence-electron chi connectivity index (χ2n) is 6.64. The van der Waals surface area contributed by atoms with Crippen LogP contribution >= 0.6 is 24.8 Å². The fourth-order valence-corrected chi connectivity index (χ4v) is 3.52. The van der Waals surface area contributed by atoms with Gasteiger partial charge in [0, 0.05) is 31.7 Å². The zero-order valence-electron chi connectivity index (χ0n) is 14.1. The van der Waals surface area contributed by atoms with Crippen LogP contribution in [-0.4, -0.2) is 38.6 Å². The molecule has 0 radical (unpaired) electrons. The van der Waals surface area contributed by atoms with E-state index in [0.717, 1.165) is 39.1 Å². The third-order valence-electron chi connectivity index (χ3n) is 4.94. The van der Waals surface area contributed by atoms with Crippen molar-refractivity contribution in [3.05, 3.63) is 30.3 Å². The van der Waals surface area contributed by atoms with Crippen LogP contribution in [-0.2, 0) is 4.79 Å². The summed E-state index contributed by atoms with van der Waals surface area (Å²) in [7, 11) is 0. The lowest BCUT2D eigenvalue weighted by Crippen LogP contribution is -2.31. The van der Waals surface area contributed by atoms with Crippen molar-refractivity contribution in [3.8, 4) is 0 Å². The third kappa shape index (κ3) is 6.15. The highest BCUT2D eigenvalue weighted by Gasteiger charge is 2.23. The number of hydrogen-bond acceptors (Lipinski definition) is 3. The fourth-order valence-electron chi connectivity index (χ4n) is 3.52. The minimum absolute atomic E-state index is 0. The number of amides is 1. The average Bonchev–Trinajstić information content (AvgIpc) is 3.23. The van der Waals surface area contributed by atoms with Crippen molar-refractivity contribution < 1.29 is 4.79 Å². The number of nitrogens with one attached hydrogen (secondary N) is 2. The number of anilines is 1. The van der Waals surface area contributed by atoms with Crippen molar-refractivity contribution in [2.75, 3.05) is 37.6 Å². The number of benzene rings is 1. The minimum atomic E-state index is 0. The fraction of sp³-hybridized carbons (Fsp3) is 0.611. The van der Waals surface area contributed by atoms with E-state index < -0.39 is 0 Å². The van der Waals surface area contributed by atoms with Gasteiger partial charge < -0.3 is 15.5 Å². The summed E-state index contributed by atoms with van der Waals surface area (Å²) in [4.78, 5) is 14.4. The van der Waals surface area contributed by atoms with Crippen molar-refractivity contribution in [2.24, 2.45) is 11.8 Å². The molecule has 0 spiro atoms. The summed E-state index contributed by atoms with van der Waals surface area (Å²) in [6.07, 6.45) is 4.10. The highest BCUT2D eigenvalue weighted by atomic mass is 35.5. The molecule has 1 aromatic rings. The summed E-state index contributed by atoms with van der Waals surface area (Å²) in [6, 6.07) is 10.6. The van der Waals surface area contributed by atoms with Gasteiger partial charge in [0.15, 0.2) is 0 Å². The van der Waals surface area contributed by atoms with Gasteiger partial charge in [0.2, 0.25) is 5.91 Å². The Labute approximate surface area is 157 Å². The molecule has 2 heterocycles. The first-order valence-corrected chi connectivity index (χ1v) is 8.58. The van der Waals surface area contributed by atoms with Gasteiger partial charge in [-0.2, -0.15) is 0 Å². The summed E-state index contributed by atoms with van der Waals surface area (Å²) < 4.78 is 0. The lowest BCUT2D eigenvalue weighted by atomic mass is 10.0. The number of hydrogen-bond donors (Lipinski definition) is 2. The zero-order valence-corrected chi connectivity index (χ0v) is 15.7. The Morgan fingerprint density at radius 1 is 1.17 bits per heavy atom. The van der Waals surface area contributed by atoms with Crippen LogP contribution in [0.4, 0.5) is 5.69 Å².